The van der Waals surface area contributed by atoms with Crippen LogP contribution in [0.5, 0.6) is 11.5 Å². The predicted molar refractivity (Wildman–Crippen MR) is 133 cm³/mol. The van der Waals surface area contributed by atoms with Crippen molar-refractivity contribution in [3.63, 3.8) is 0 Å². The smallest absolute Gasteiger partial charge is 0.306 e. The molecule has 0 aliphatic rings. The van der Waals surface area contributed by atoms with Crippen molar-refractivity contribution in [3.8, 4) is 34.0 Å². The first-order valence-electron chi connectivity index (χ1n) is 11.5. The zero-order valence-electron chi connectivity index (χ0n) is 20.1. The van der Waals surface area contributed by atoms with Crippen LogP contribution in [0.2, 0.25) is 0 Å². The van der Waals surface area contributed by atoms with E-state index in [1.165, 1.54) is 6.33 Å². The highest BCUT2D eigenvalue weighted by Gasteiger charge is 2.18. The zero-order chi connectivity index (χ0) is 25.1. The van der Waals surface area contributed by atoms with E-state index >= 15 is 0 Å². The molecule has 0 bridgehead atoms. The summed E-state index contributed by atoms with van der Waals surface area (Å²) in [4.78, 5) is 38.0. The maximum absolute atomic E-state index is 12.4. The number of fused-ring (bicyclic) bond motifs is 1. The molecule has 0 spiro atoms. The molecule has 0 aliphatic heterocycles. The van der Waals surface area contributed by atoms with Crippen molar-refractivity contribution < 1.29 is 19.4 Å². The van der Waals surface area contributed by atoms with E-state index in [4.69, 9.17) is 9.47 Å². The Morgan fingerprint density at radius 2 is 1.83 bits per heavy atom. The molecule has 9 nitrogen and oxygen atoms in total. The van der Waals surface area contributed by atoms with Crippen LogP contribution in [0, 0.1) is 5.92 Å². The van der Waals surface area contributed by atoms with Crippen molar-refractivity contribution in [2.24, 2.45) is 5.92 Å². The topological polar surface area (TPSA) is 130 Å². The zero-order valence-corrected chi connectivity index (χ0v) is 20.1. The fourth-order valence-electron chi connectivity index (χ4n) is 3.85. The van der Waals surface area contributed by atoms with E-state index in [0.29, 0.717) is 47.1 Å². The lowest BCUT2D eigenvalue weighted by Crippen LogP contribution is -2.14. The van der Waals surface area contributed by atoms with Crippen molar-refractivity contribution in [2.75, 3.05) is 6.61 Å². The van der Waals surface area contributed by atoms with Crippen LogP contribution < -0.4 is 15.0 Å². The molecule has 0 fully saturated rings. The number of carbonyl (C=O) groups is 1. The number of imidazole rings is 1. The minimum absolute atomic E-state index is 0.0370. The Morgan fingerprint density at radius 3 is 2.54 bits per heavy atom. The van der Waals surface area contributed by atoms with Crippen molar-refractivity contribution in [1.29, 1.82) is 0 Å². The number of carboxylic acid groups (broad SMARTS) is 1. The average Bonchev–Trinajstić information content (AvgIpc) is 3.29. The molecule has 35 heavy (non-hydrogen) atoms. The first-order valence-corrected chi connectivity index (χ1v) is 11.5. The maximum atomic E-state index is 12.4. The molecule has 0 saturated carbocycles. The van der Waals surface area contributed by atoms with Gasteiger partial charge < -0.3 is 24.5 Å². The number of nitrogens with one attached hydrogen (secondary N) is 2. The third kappa shape index (κ3) is 5.18. The molecule has 0 saturated heterocycles. The molecule has 0 amide bonds. The molecule has 0 radical (unpaired) electrons. The molecule has 2 aromatic heterocycles. The Morgan fingerprint density at radius 1 is 1.09 bits per heavy atom. The van der Waals surface area contributed by atoms with Gasteiger partial charge in [-0.3, -0.25) is 9.59 Å². The second-order valence-electron chi connectivity index (χ2n) is 8.59. The molecule has 0 unspecified atom stereocenters. The van der Waals surface area contributed by atoms with E-state index in [2.05, 4.69) is 19.9 Å². The summed E-state index contributed by atoms with van der Waals surface area (Å²) in [6.07, 6.45) is 1.74. The van der Waals surface area contributed by atoms with Gasteiger partial charge in [0, 0.05) is 0 Å². The first-order chi connectivity index (χ1) is 16.8. The van der Waals surface area contributed by atoms with Crippen LogP contribution in [0.3, 0.4) is 0 Å². The normalized spacial score (nSPS) is 12.1. The van der Waals surface area contributed by atoms with Gasteiger partial charge >= 0.3 is 5.97 Å². The first kappa shape index (κ1) is 24.0. The highest BCUT2D eigenvalue weighted by molar-refractivity contribution is 5.77. The fourth-order valence-corrected chi connectivity index (χ4v) is 3.85. The molecule has 2 heterocycles. The Labute approximate surface area is 202 Å². The van der Waals surface area contributed by atoms with Gasteiger partial charge in [-0.25, -0.2) is 9.97 Å². The summed E-state index contributed by atoms with van der Waals surface area (Å²) >= 11 is 0. The van der Waals surface area contributed by atoms with Crippen LogP contribution in [-0.2, 0) is 11.2 Å². The van der Waals surface area contributed by atoms with Gasteiger partial charge in [0.05, 0.1) is 30.5 Å². The molecular weight excluding hydrogens is 448 g/mol. The minimum Gasteiger partial charge on any atom is -0.493 e. The van der Waals surface area contributed by atoms with E-state index in [-0.39, 0.29) is 11.7 Å². The van der Waals surface area contributed by atoms with Gasteiger partial charge in [0.2, 0.25) is 0 Å². The molecule has 4 rings (SSSR count). The maximum Gasteiger partial charge on any atom is 0.306 e. The number of aromatic amines is 2. The summed E-state index contributed by atoms with van der Waals surface area (Å²) < 4.78 is 11.8. The number of H-pyrrole nitrogens is 2. The van der Waals surface area contributed by atoms with E-state index in [1.54, 1.807) is 6.92 Å². The van der Waals surface area contributed by atoms with Gasteiger partial charge in [0.25, 0.3) is 5.56 Å². The third-order valence-corrected chi connectivity index (χ3v) is 5.54. The van der Waals surface area contributed by atoms with E-state index in [9.17, 15) is 14.7 Å². The van der Waals surface area contributed by atoms with E-state index in [0.717, 1.165) is 16.7 Å². The average molecular weight is 477 g/mol. The summed E-state index contributed by atoms with van der Waals surface area (Å²) in [6.45, 7) is 7.86. The van der Waals surface area contributed by atoms with Gasteiger partial charge in [0.15, 0.2) is 11.2 Å². The minimum atomic E-state index is -0.857. The summed E-state index contributed by atoms with van der Waals surface area (Å²) in [7, 11) is 0. The summed E-state index contributed by atoms with van der Waals surface area (Å²) in [5.41, 5.74) is 3.56. The summed E-state index contributed by atoms with van der Waals surface area (Å²) in [6, 6.07) is 11.4. The highest BCUT2D eigenvalue weighted by atomic mass is 16.5. The molecule has 9 heteroatoms. The number of carboxylic acids is 1. The molecule has 0 aliphatic carbocycles. The van der Waals surface area contributed by atoms with Crippen LogP contribution in [0.4, 0.5) is 0 Å². The van der Waals surface area contributed by atoms with E-state index in [1.807, 2.05) is 57.2 Å². The van der Waals surface area contributed by atoms with Crippen LogP contribution in [0.1, 0.15) is 33.3 Å². The Balaban J connectivity index is 1.77. The van der Waals surface area contributed by atoms with Crippen LogP contribution in [-0.4, -0.2) is 43.7 Å². The second-order valence-corrected chi connectivity index (χ2v) is 8.59. The monoisotopic (exact) mass is 476 g/mol. The predicted octanol–water partition coefficient (Wildman–Crippen LogP) is 4.43. The number of ether oxygens (including phenoxy) is 2. The van der Waals surface area contributed by atoms with E-state index < -0.39 is 11.9 Å². The summed E-state index contributed by atoms with van der Waals surface area (Å²) in [5.74, 6) is 0.185. The quantitative estimate of drug-likeness (QED) is 0.326. The van der Waals surface area contributed by atoms with Gasteiger partial charge in [-0.1, -0.05) is 19.1 Å². The number of hydrogen-bond acceptors (Lipinski definition) is 6. The lowest BCUT2D eigenvalue weighted by atomic mass is 9.95. The Hall–Kier alpha value is -4.14. The number of rotatable bonds is 9. The Bertz CT molecular complexity index is 1420. The van der Waals surface area contributed by atoms with Crippen LogP contribution in [0.15, 0.2) is 47.5 Å². The molecule has 182 valence electrons. The molecule has 3 N–H and O–H groups in total. The lowest BCUT2D eigenvalue weighted by Gasteiger charge is -2.18. The second kappa shape index (κ2) is 10.0. The molecule has 2 aromatic carbocycles. The standard InChI is InChI=1S/C26H28N4O5/c1-5-34-21-12-17(6-8-19(21)23-29-24-22(25(31)30-23)27-13-28-24)16-7-9-20(35-14(2)3)18(11-16)10-15(4)26(32)33/h6-9,11-15H,5,10H2,1-4H3,(H,32,33)(H2,27,28,29,30,31)/t15-/m0/s1. The Kier molecular flexibility index (Phi) is 6.86. The van der Waals surface area contributed by atoms with Crippen LogP contribution in [0.25, 0.3) is 33.7 Å². The van der Waals surface area contributed by atoms with Crippen molar-refractivity contribution in [3.05, 3.63) is 58.6 Å². The lowest BCUT2D eigenvalue weighted by molar-refractivity contribution is -0.141. The molecule has 4 aromatic rings. The van der Waals surface area contributed by atoms with Gasteiger partial charge in [0.1, 0.15) is 17.3 Å². The van der Waals surface area contributed by atoms with Crippen molar-refractivity contribution in [1.82, 2.24) is 19.9 Å². The van der Waals surface area contributed by atoms with Crippen LogP contribution >= 0.6 is 0 Å². The number of nitrogens with zero attached hydrogens (tertiary/aromatic N) is 2. The van der Waals surface area contributed by atoms with Gasteiger partial charge in [-0.15, -0.1) is 0 Å². The molecule has 1 atom stereocenters. The van der Waals surface area contributed by atoms with Crippen molar-refractivity contribution >= 4 is 17.1 Å². The number of aromatic nitrogens is 4. The summed E-state index contributed by atoms with van der Waals surface area (Å²) in [5, 5.41) is 9.41. The SMILES string of the molecule is CCOc1cc(-c2ccc(OC(C)C)c(C[C@H](C)C(=O)O)c2)ccc1-c1nc2nc[nH]c2c(=O)[nH]1. The van der Waals surface area contributed by atoms with Gasteiger partial charge in [-0.05, 0) is 68.1 Å². The largest absolute Gasteiger partial charge is 0.493 e. The van der Waals surface area contributed by atoms with Crippen molar-refractivity contribution in [2.45, 2.75) is 40.2 Å². The number of benzene rings is 2. The molecular formula is C26H28N4O5. The van der Waals surface area contributed by atoms with Gasteiger partial charge in [-0.2, -0.15) is 0 Å². The fraction of sp³-hybridized carbons (Fsp3) is 0.308. The number of aliphatic carboxylic acids is 1. The number of hydrogen-bond donors (Lipinski definition) is 3. The third-order valence-electron chi connectivity index (χ3n) is 5.54. The highest BCUT2D eigenvalue weighted by Crippen LogP contribution is 2.35.